The van der Waals surface area contributed by atoms with E-state index < -0.39 is 0 Å². The molecule has 4 heteroatoms. The zero-order valence-electron chi connectivity index (χ0n) is 16.9. The molecule has 1 aliphatic rings. The normalized spacial score (nSPS) is 15.9. The fourth-order valence-corrected chi connectivity index (χ4v) is 4.66. The fraction of sp³-hybridized carbons (Fsp3) is 0.115. The van der Waals surface area contributed by atoms with Crippen LogP contribution in [-0.2, 0) is 0 Å². The molecule has 4 nitrogen and oxygen atoms in total. The molecular formula is C26H21N3O. The van der Waals surface area contributed by atoms with Crippen molar-refractivity contribution in [3.63, 3.8) is 0 Å². The van der Waals surface area contributed by atoms with Gasteiger partial charge in [-0.3, -0.25) is 0 Å². The Balaban J connectivity index is 1.59. The number of rotatable bonds is 2. The SMILES string of the molecule is Cc1cccc(N2c3ccccc3N(c3cccc4c3oc3ncccc34)C2C)c1. The van der Waals surface area contributed by atoms with Gasteiger partial charge in [-0.1, -0.05) is 36.4 Å². The van der Waals surface area contributed by atoms with E-state index in [9.17, 15) is 0 Å². The van der Waals surface area contributed by atoms with Gasteiger partial charge >= 0.3 is 0 Å². The number of aromatic nitrogens is 1. The van der Waals surface area contributed by atoms with Crippen LogP contribution in [-0.4, -0.2) is 11.1 Å². The largest absolute Gasteiger partial charge is 0.436 e. The van der Waals surface area contributed by atoms with Crippen LogP contribution in [0.5, 0.6) is 0 Å². The van der Waals surface area contributed by atoms with Crippen LogP contribution >= 0.6 is 0 Å². The summed E-state index contributed by atoms with van der Waals surface area (Å²) in [4.78, 5) is 9.18. The third kappa shape index (κ3) is 2.37. The topological polar surface area (TPSA) is 32.5 Å². The number of para-hydroxylation sites is 3. The molecule has 0 saturated heterocycles. The van der Waals surface area contributed by atoms with Crippen LogP contribution < -0.4 is 9.80 Å². The van der Waals surface area contributed by atoms with Gasteiger partial charge in [-0.15, -0.1) is 0 Å². The van der Waals surface area contributed by atoms with Crippen molar-refractivity contribution in [3.8, 4) is 0 Å². The summed E-state index contributed by atoms with van der Waals surface area (Å²) in [7, 11) is 0. The number of nitrogens with zero attached hydrogens (tertiary/aromatic N) is 3. The molecule has 0 fully saturated rings. The Morgan fingerprint density at radius 2 is 1.50 bits per heavy atom. The molecule has 1 unspecified atom stereocenters. The summed E-state index contributed by atoms with van der Waals surface area (Å²) in [6.45, 7) is 4.37. The second-order valence-electron chi connectivity index (χ2n) is 7.81. The van der Waals surface area contributed by atoms with Crippen LogP contribution in [0.15, 0.2) is 89.5 Å². The van der Waals surface area contributed by atoms with Crippen LogP contribution in [0.2, 0.25) is 0 Å². The van der Waals surface area contributed by atoms with E-state index in [1.54, 1.807) is 6.20 Å². The van der Waals surface area contributed by atoms with Gasteiger partial charge in [-0.2, -0.15) is 0 Å². The van der Waals surface area contributed by atoms with Crippen LogP contribution in [0.3, 0.4) is 0 Å². The monoisotopic (exact) mass is 391 g/mol. The Hall–Kier alpha value is -3.79. The fourth-order valence-electron chi connectivity index (χ4n) is 4.66. The van der Waals surface area contributed by atoms with Gasteiger partial charge in [-0.05, 0) is 61.9 Å². The minimum Gasteiger partial charge on any atom is -0.436 e. The van der Waals surface area contributed by atoms with Crippen molar-refractivity contribution in [1.82, 2.24) is 4.98 Å². The summed E-state index contributed by atoms with van der Waals surface area (Å²) in [6, 6.07) is 27.6. The van der Waals surface area contributed by atoms with Crippen molar-refractivity contribution < 1.29 is 4.42 Å². The highest BCUT2D eigenvalue weighted by Gasteiger charge is 2.36. The second kappa shape index (κ2) is 6.36. The summed E-state index contributed by atoms with van der Waals surface area (Å²) in [5.74, 6) is 0. The maximum atomic E-state index is 6.25. The summed E-state index contributed by atoms with van der Waals surface area (Å²) < 4.78 is 6.25. The first-order chi connectivity index (χ1) is 14.7. The molecule has 5 aromatic rings. The zero-order valence-corrected chi connectivity index (χ0v) is 16.9. The lowest BCUT2D eigenvalue weighted by Gasteiger charge is -2.30. The molecule has 0 spiro atoms. The highest BCUT2D eigenvalue weighted by molar-refractivity contribution is 6.09. The quantitative estimate of drug-likeness (QED) is 0.327. The number of hydrogen-bond donors (Lipinski definition) is 0. The van der Waals surface area contributed by atoms with Crippen LogP contribution in [0.1, 0.15) is 12.5 Å². The van der Waals surface area contributed by atoms with Crippen LogP contribution in [0, 0.1) is 6.92 Å². The molecule has 1 aliphatic heterocycles. The Morgan fingerprint density at radius 3 is 2.33 bits per heavy atom. The van der Waals surface area contributed by atoms with Crippen molar-refractivity contribution >= 4 is 44.8 Å². The van der Waals surface area contributed by atoms with Gasteiger partial charge in [0.15, 0.2) is 5.58 Å². The smallest absolute Gasteiger partial charge is 0.227 e. The summed E-state index contributed by atoms with van der Waals surface area (Å²) in [6.07, 6.45) is 1.87. The number of pyridine rings is 1. The third-order valence-electron chi connectivity index (χ3n) is 5.94. The molecule has 2 aromatic heterocycles. The average Bonchev–Trinajstić information content (AvgIpc) is 3.28. The molecule has 0 N–H and O–H groups in total. The zero-order chi connectivity index (χ0) is 20.2. The lowest BCUT2D eigenvalue weighted by atomic mass is 10.1. The first kappa shape index (κ1) is 17.1. The number of hydrogen-bond acceptors (Lipinski definition) is 4. The Kier molecular flexibility index (Phi) is 3.62. The number of furan rings is 1. The number of aryl methyl sites for hydroxylation is 1. The van der Waals surface area contributed by atoms with Crippen LogP contribution in [0.25, 0.3) is 22.1 Å². The predicted molar refractivity (Wildman–Crippen MR) is 123 cm³/mol. The van der Waals surface area contributed by atoms with E-state index in [0.29, 0.717) is 5.71 Å². The van der Waals surface area contributed by atoms with E-state index in [0.717, 1.165) is 22.0 Å². The van der Waals surface area contributed by atoms with Crippen molar-refractivity contribution in [2.24, 2.45) is 0 Å². The van der Waals surface area contributed by atoms with E-state index in [1.807, 2.05) is 6.07 Å². The lowest BCUT2D eigenvalue weighted by molar-refractivity contribution is 0.650. The first-order valence-electron chi connectivity index (χ1n) is 10.2. The third-order valence-corrected chi connectivity index (χ3v) is 5.94. The number of benzene rings is 3. The summed E-state index contributed by atoms with van der Waals surface area (Å²) in [5.41, 5.74) is 7.42. The molecule has 30 heavy (non-hydrogen) atoms. The van der Waals surface area contributed by atoms with Gasteiger partial charge in [0, 0.05) is 22.7 Å². The van der Waals surface area contributed by atoms with Gasteiger partial charge in [0.2, 0.25) is 5.71 Å². The summed E-state index contributed by atoms with van der Waals surface area (Å²) in [5, 5.41) is 2.14. The lowest BCUT2D eigenvalue weighted by Crippen LogP contribution is -2.35. The van der Waals surface area contributed by atoms with E-state index in [2.05, 4.69) is 101 Å². The minimum absolute atomic E-state index is 0.0935. The maximum absolute atomic E-state index is 6.25. The molecule has 6 rings (SSSR count). The number of anilines is 4. The van der Waals surface area contributed by atoms with Crippen molar-refractivity contribution in [2.75, 3.05) is 9.80 Å². The standard InChI is InChI=1S/C26H21N3O/c1-17-8-5-9-19(16-17)28-18(2)29(23-13-4-3-12-22(23)28)24-14-6-10-20-21-11-7-15-27-26(21)30-25(20)24/h3-16,18H,1-2H3. The minimum atomic E-state index is 0.0935. The van der Waals surface area contributed by atoms with Crippen LogP contribution in [0.4, 0.5) is 22.7 Å². The second-order valence-corrected chi connectivity index (χ2v) is 7.81. The molecule has 0 radical (unpaired) electrons. The van der Waals surface area contributed by atoms with Gasteiger partial charge in [-0.25, -0.2) is 4.98 Å². The average molecular weight is 391 g/mol. The van der Waals surface area contributed by atoms with Gasteiger partial charge in [0.1, 0.15) is 6.17 Å². The van der Waals surface area contributed by atoms with Gasteiger partial charge < -0.3 is 14.2 Å². The van der Waals surface area contributed by atoms with E-state index >= 15 is 0 Å². The molecule has 0 bridgehead atoms. The van der Waals surface area contributed by atoms with E-state index in [-0.39, 0.29) is 6.17 Å². The van der Waals surface area contributed by atoms with Gasteiger partial charge in [0.25, 0.3) is 0 Å². The molecule has 0 aliphatic carbocycles. The first-order valence-corrected chi connectivity index (χ1v) is 10.2. The molecule has 0 saturated carbocycles. The van der Waals surface area contributed by atoms with Gasteiger partial charge in [0.05, 0.1) is 17.1 Å². The Morgan fingerprint density at radius 1 is 0.767 bits per heavy atom. The maximum Gasteiger partial charge on any atom is 0.227 e. The van der Waals surface area contributed by atoms with E-state index in [4.69, 9.17) is 4.42 Å². The Bertz CT molecular complexity index is 1400. The molecular weight excluding hydrogens is 370 g/mol. The highest BCUT2D eigenvalue weighted by atomic mass is 16.3. The van der Waals surface area contributed by atoms with Crippen molar-refractivity contribution in [1.29, 1.82) is 0 Å². The van der Waals surface area contributed by atoms with Crippen molar-refractivity contribution in [3.05, 3.63) is 90.6 Å². The highest BCUT2D eigenvalue weighted by Crippen LogP contribution is 2.49. The molecule has 3 aromatic carbocycles. The molecule has 146 valence electrons. The Labute approximate surface area is 175 Å². The molecule has 1 atom stereocenters. The molecule has 3 heterocycles. The van der Waals surface area contributed by atoms with Crippen molar-refractivity contribution in [2.45, 2.75) is 20.0 Å². The summed E-state index contributed by atoms with van der Waals surface area (Å²) >= 11 is 0. The van der Waals surface area contributed by atoms with E-state index in [1.165, 1.54) is 22.6 Å². The number of fused-ring (bicyclic) bond motifs is 4. The predicted octanol–water partition coefficient (Wildman–Crippen LogP) is 6.93. The molecule has 0 amide bonds.